The van der Waals surface area contributed by atoms with Crippen LogP contribution in [0.15, 0.2) is 48.8 Å². The summed E-state index contributed by atoms with van der Waals surface area (Å²) in [6, 6.07) is 13.5. The quantitative estimate of drug-likeness (QED) is 0.836. The van der Waals surface area contributed by atoms with Crippen molar-refractivity contribution in [3.05, 3.63) is 59.9 Å². The van der Waals surface area contributed by atoms with Gasteiger partial charge in [-0.2, -0.15) is 0 Å². The second kappa shape index (κ2) is 5.62. The van der Waals surface area contributed by atoms with Gasteiger partial charge in [-0.3, -0.25) is 0 Å². The Morgan fingerprint density at radius 2 is 2.00 bits per heavy atom. The minimum absolute atomic E-state index is 0.554. The Kier molecular flexibility index (Phi) is 3.69. The molecule has 0 bridgehead atoms. The molecule has 1 N–H and O–H groups in total. The number of hydrogen-bond donors (Lipinski definition) is 1. The first-order valence-corrected chi connectivity index (χ1v) is 7.23. The smallest absolute Gasteiger partial charge is 0.0361 e. The molecule has 100 valence electrons. The summed E-state index contributed by atoms with van der Waals surface area (Å²) >= 11 is 0. The molecule has 1 saturated carbocycles. The van der Waals surface area contributed by atoms with E-state index in [2.05, 4.69) is 65.7 Å². The highest BCUT2D eigenvalue weighted by Crippen LogP contribution is 2.40. The Morgan fingerprint density at radius 1 is 1.21 bits per heavy atom. The molecule has 1 aliphatic rings. The minimum Gasteiger partial charge on any atom is -0.354 e. The van der Waals surface area contributed by atoms with Crippen LogP contribution in [0.3, 0.4) is 0 Å². The SMILES string of the molecule is CNC(c1ccn(CCc2ccccc2)c1)C1CC1. The van der Waals surface area contributed by atoms with E-state index >= 15 is 0 Å². The van der Waals surface area contributed by atoms with Crippen LogP contribution in [0.1, 0.15) is 30.0 Å². The van der Waals surface area contributed by atoms with E-state index in [4.69, 9.17) is 0 Å². The van der Waals surface area contributed by atoms with E-state index in [0.717, 1.165) is 18.9 Å². The molecule has 1 fully saturated rings. The zero-order valence-corrected chi connectivity index (χ0v) is 11.5. The second-order valence-electron chi connectivity index (χ2n) is 5.52. The fourth-order valence-corrected chi connectivity index (χ4v) is 2.79. The number of benzene rings is 1. The normalized spacial score (nSPS) is 16.5. The van der Waals surface area contributed by atoms with Crippen LogP contribution in [0, 0.1) is 5.92 Å². The first-order valence-electron chi connectivity index (χ1n) is 7.23. The van der Waals surface area contributed by atoms with E-state index in [1.807, 2.05) is 0 Å². The van der Waals surface area contributed by atoms with E-state index in [0.29, 0.717) is 6.04 Å². The van der Waals surface area contributed by atoms with Gasteiger partial charge in [0, 0.05) is 25.0 Å². The molecule has 2 nitrogen and oxygen atoms in total. The number of aryl methyl sites for hydroxylation is 2. The molecule has 3 rings (SSSR count). The third kappa shape index (κ3) is 3.07. The van der Waals surface area contributed by atoms with Gasteiger partial charge in [-0.05, 0) is 49.4 Å². The fourth-order valence-electron chi connectivity index (χ4n) is 2.79. The van der Waals surface area contributed by atoms with Crippen molar-refractivity contribution in [1.82, 2.24) is 9.88 Å². The van der Waals surface area contributed by atoms with Crippen LogP contribution in [0.2, 0.25) is 0 Å². The van der Waals surface area contributed by atoms with Gasteiger partial charge in [0.1, 0.15) is 0 Å². The van der Waals surface area contributed by atoms with Crippen LogP contribution in [-0.2, 0) is 13.0 Å². The van der Waals surface area contributed by atoms with Crippen molar-refractivity contribution in [3.63, 3.8) is 0 Å². The monoisotopic (exact) mass is 254 g/mol. The van der Waals surface area contributed by atoms with Crippen LogP contribution in [0.4, 0.5) is 0 Å². The molecule has 1 aromatic carbocycles. The van der Waals surface area contributed by atoms with Crippen LogP contribution < -0.4 is 5.32 Å². The summed E-state index contributed by atoms with van der Waals surface area (Å²) < 4.78 is 2.31. The lowest BCUT2D eigenvalue weighted by atomic mass is 10.1. The molecular weight excluding hydrogens is 232 g/mol. The van der Waals surface area contributed by atoms with Crippen LogP contribution in [0.25, 0.3) is 0 Å². The molecule has 1 aromatic heterocycles. The summed E-state index contributed by atoms with van der Waals surface area (Å²) in [6.07, 6.45) is 8.37. The lowest BCUT2D eigenvalue weighted by molar-refractivity contribution is 0.527. The van der Waals surface area contributed by atoms with Crippen LogP contribution in [0.5, 0.6) is 0 Å². The Labute approximate surface area is 115 Å². The Balaban J connectivity index is 1.61. The number of rotatable bonds is 6. The molecule has 1 unspecified atom stereocenters. The standard InChI is InChI=1S/C17H22N2/c1-18-17(15-7-8-15)16-10-12-19(13-16)11-9-14-5-3-2-4-6-14/h2-6,10,12-13,15,17-18H,7-9,11H2,1H3. The van der Waals surface area contributed by atoms with Gasteiger partial charge >= 0.3 is 0 Å². The Hall–Kier alpha value is -1.54. The van der Waals surface area contributed by atoms with Gasteiger partial charge in [-0.25, -0.2) is 0 Å². The number of nitrogens with zero attached hydrogens (tertiary/aromatic N) is 1. The molecule has 2 heteroatoms. The molecule has 0 spiro atoms. The zero-order chi connectivity index (χ0) is 13.1. The highest BCUT2D eigenvalue weighted by atomic mass is 15.0. The van der Waals surface area contributed by atoms with Gasteiger partial charge in [-0.15, -0.1) is 0 Å². The summed E-state index contributed by atoms with van der Waals surface area (Å²) in [5.41, 5.74) is 2.85. The molecule has 1 aliphatic carbocycles. The molecule has 0 aliphatic heterocycles. The zero-order valence-electron chi connectivity index (χ0n) is 11.5. The lowest BCUT2D eigenvalue weighted by Gasteiger charge is -2.13. The average molecular weight is 254 g/mol. The molecule has 0 saturated heterocycles. The Morgan fingerprint density at radius 3 is 2.68 bits per heavy atom. The van der Waals surface area contributed by atoms with Gasteiger partial charge in [0.15, 0.2) is 0 Å². The molecule has 19 heavy (non-hydrogen) atoms. The largest absolute Gasteiger partial charge is 0.354 e. The molecule has 1 atom stereocenters. The van der Waals surface area contributed by atoms with E-state index in [-0.39, 0.29) is 0 Å². The van der Waals surface area contributed by atoms with E-state index < -0.39 is 0 Å². The van der Waals surface area contributed by atoms with Crippen molar-refractivity contribution in [2.24, 2.45) is 5.92 Å². The van der Waals surface area contributed by atoms with Crippen molar-refractivity contribution in [1.29, 1.82) is 0 Å². The van der Waals surface area contributed by atoms with Crippen LogP contribution in [-0.4, -0.2) is 11.6 Å². The van der Waals surface area contributed by atoms with E-state index in [9.17, 15) is 0 Å². The highest BCUT2D eigenvalue weighted by molar-refractivity contribution is 5.19. The predicted molar refractivity (Wildman–Crippen MR) is 79.1 cm³/mol. The van der Waals surface area contributed by atoms with Gasteiger partial charge in [0.25, 0.3) is 0 Å². The van der Waals surface area contributed by atoms with Crippen molar-refractivity contribution < 1.29 is 0 Å². The summed E-state index contributed by atoms with van der Waals surface area (Å²) in [7, 11) is 2.07. The Bertz CT molecular complexity index is 511. The van der Waals surface area contributed by atoms with Gasteiger partial charge in [0.2, 0.25) is 0 Å². The van der Waals surface area contributed by atoms with Gasteiger partial charge in [0.05, 0.1) is 0 Å². The fraction of sp³-hybridized carbons (Fsp3) is 0.412. The summed E-state index contributed by atoms with van der Waals surface area (Å²) in [5, 5.41) is 3.45. The summed E-state index contributed by atoms with van der Waals surface area (Å²) in [4.78, 5) is 0. The number of nitrogens with one attached hydrogen (secondary N) is 1. The molecule has 0 radical (unpaired) electrons. The van der Waals surface area contributed by atoms with Crippen molar-refractivity contribution in [2.75, 3.05) is 7.05 Å². The first kappa shape index (κ1) is 12.5. The predicted octanol–water partition coefficient (Wildman–Crippen LogP) is 3.40. The third-order valence-corrected chi connectivity index (χ3v) is 4.04. The van der Waals surface area contributed by atoms with Crippen molar-refractivity contribution in [2.45, 2.75) is 31.8 Å². The maximum atomic E-state index is 3.45. The van der Waals surface area contributed by atoms with Crippen molar-refractivity contribution >= 4 is 0 Å². The second-order valence-corrected chi connectivity index (χ2v) is 5.52. The summed E-state index contributed by atoms with van der Waals surface area (Å²) in [6.45, 7) is 1.06. The molecular formula is C17H22N2. The van der Waals surface area contributed by atoms with E-state index in [1.165, 1.54) is 24.0 Å². The lowest BCUT2D eigenvalue weighted by Crippen LogP contribution is -2.17. The first-order chi connectivity index (χ1) is 9.36. The third-order valence-electron chi connectivity index (χ3n) is 4.04. The van der Waals surface area contributed by atoms with Gasteiger partial charge < -0.3 is 9.88 Å². The number of hydrogen-bond acceptors (Lipinski definition) is 1. The van der Waals surface area contributed by atoms with Crippen molar-refractivity contribution in [3.8, 4) is 0 Å². The number of aromatic nitrogens is 1. The molecule has 0 amide bonds. The minimum atomic E-state index is 0.554. The average Bonchev–Trinajstić information content (AvgIpc) is 3.17. The summed E-state index contributed by atoms with van der Waals surface area (Å²) in [5.74, 6) is 0.856. The topological polar surface area (TPSA) is 17.0 Å². The molecule has 2 aromatic rings. The van der Waals surface area contributed by atoms with Crippen LogP contribution >= 0.6 is 0 Å². The van der Waals surface area contributed by atoms with E-state index in [1.54, 1.807) is 0 Å². The maximum absolute atomic E-state index is 3.45. The highest BCUT2D eigenvalue weighted by Gasteiger charge is 2.31. The van der Waals surface area contributed by atoms with Gasteiger partial charge in [-0.1, -0.05) is 30.3 Å². The molecule has 1 heterocycles. The maximum Gasteiger partial charge on any atom is 0.0361 e.